The molecule has 1 atom stereocenters. The number of hydrogen-bond acceptors (Lipinski definition) is 2. The smallest absolute Gasteiger partial charge is 0.0394 e. The first-order chi connectivity index (χ1) is 9.64. The first kappa shape index (κ1) is 12.4. The molecule has 2 nitrogen and oxygen atoms in total. The van der Waals surface area contributed by atoms with Crippen molar-refractivity contribution in [1.29, 1.82) is 0 Å². The summed E-state index contributed by atoms with van der Waals surface area (Å²) < 4.78 is 0. The number of hydrogen-bond donors (Lipinski definition) is 1. The molecule has 2 aromatic rings. The normalized spacial score (nSPS) is 25.2. The van der Waals surface area contributed by atoms with Crippen molar-refractivity contribution >= 4 is 10.8 Å². The molecule has 1 aliphatic heterocycles. The SMILES string of the molecule is CC1(N)CCN(C2Cc3cccc4cccc2c34)CC1. The van der Waals surface area contributed by atoms with Crippen LogP contribution in [0.1, 0.15) is 36.9 Å². The lowest BCUT2D eigenvalue weighted by molar-refractivity contribution is 0.126. The molecule has 2 aromatic carbocycles. The standard InChI is InChI=1S/C18H22N2/c1-18(19)8-10-20(11-9-18)16-12-14-6-2-4-13-5-3-7-15(16)17(13)14/h2-7,16H,8-12,19H2,1H3. The molecule has 2 aliphatic rings. The van der Waals surface area contributed by atoms with E-state index in [-0.39, 0.29) is 5.54 Å². The Morgan fingerprint density at radius 1 is 1.10 bits per heavy atom. The van der Waals surface area contributed by atoms with Gasteiger partial charge in [0.05, 0.1) is 0 Å². The lowest BCUT2D eigenvalue weighted by Crippen LogP contribution is -2.49. The summed E-state index contributed by atoms with van der Waals surface area (Å²) in [6, 6.07) is 14.0. The molecule has 104 valence electrons. The van der Waals surface area contributed by atoms with Crippen molar-refractivity contribution < 1.29 is 0 Å². The predicted octanol–water partition coefficient (Wildman–Crippen LogP) is 3.25. The van der Waals surface area contributed by atoms with E-state index in [1.54, 1.807) is 0 Å². The molecular weight excluding hydrogens is 244 g/mol. The van der Waals surface area contributed by atoms with Gasteiger partial charge in [-0.1, -0.05) is 36.4 Å². The van der Waals surface area contributed by atoms with E-state index in [1.165, 1.54) is 21.9 Å². The number of nitrogens with two attached hydrogens (primary N) is 1. The van der Waals surface area contributed by atoms with Gasteiger partial charge in [-0.15, -0.1) is 0 Å². The molecule has 4 rings (SSSR count). The van der Waals surface area contributed by atoms with Crippen molar-refractivity contribution in [2.75, 3.05) is 13.1 Å². The third-order valence-corrected chi connectivity index (χ3v) is 5.18. The van der Waals surface area contributed by atoms with Crippen molar-refractivity contribution in [2.24, 2.45) is 5.73 Å². The monoisotopic (exact) mass is 266 g/mol. The fraction of sp³-hybridized carbons (Fsp3) is 0.444. The number of benzene rings is 2. The fourth-order valence-electron chi connectivity index (χ4n) is 3.89. The highest BCUT2D eigenvalue weighted by Gasteiger charge is 2.33. The third-order valence-electron chi connectivity index (χ3n) is 5.18. The van der Waals surface area contributed by atoms with Crippen LogP contribution in [0, 0.1) is 0 Å². The number of nitrogens with zero attached hydrogens (tertiary/aromatic N) is 1. The van der Waals surface area contributed by atoms with Gasteiger partial charge in [0.2, 0.25) is 0 Å². The van der Waals surface area contributed by atoms with E-state index < -0.39 is 0 Å². The zero-order chi connectivity index (χ0) is 13.7. The Morgan fingerprint density at radius 2 is 1.80 bits per heavy atom. The van der Waals surface area contributed by atoms with Gasteiger partial charge in [-0.25, -0.2) is 0 Å². The van der Waals surface area contributed by atoms with Crippen LogP contribution in [-0.4, -0.2) is 23.5 Å². The van der Waals surface area contributed by atoms with Gasteiger partial charge >= 0.3 is 0 Å². The summed E-state index contributed by atoms with van der Waals surface area (Å²) >= 11 is 0. The summed E-state index contributed by atoms with van der Waals surface area (Å²) in [6.07, 6.45) is 3.38. The maximum atomic E-state index is 6.27. The molecular formula is C18H22N2. The van der Waals surface area contributed by atoms with Crippen LogP contribution < -0.4 is 5.73 Å². The molecule has 20 heavy (non-hydrogen) atoms. The molecule has 0 radical (unpaired) electrons. The second kappa shape index (κ2) is 4.31. The lowest BCUT2D eigenvalue weighted by atomic mass is 9.89. The molecule has 0 amide bonds. The van der Waals surface area contributed by atoms with Crippen molar-refractivity contribution in [3.8, 4) is 0 Å². The molecule has 0 spiro atoms. The van der Waals surface area contributed by atoms with Crippen LogP contribution in [0.25, 0.3) is 10.8 Å². The van der Waals surface area contributed by atoms with Crippen LogP contribution >= 0.6 is 0 Å². The third kappa shape index (κ3) is 1.87. The molecule has 1 fully saturated rings. The molecule has 0 aromatic heterocycles. The Bertz CT molecular complexity index is 644. The highest BCUT2D eigenvalue weighted by Crippen LogP contribution is 2.41. The molecule has 2 heteroatoms. The maximum absolute atomic E-state index is 6.27. The Labute approximate surface area is 120 Å². The number of rotatable bonds is 1. The van der Waals surface area contributed by atoms with Crippen LogP contribution in [0.2, 0.25) is 0 Å². The largest absolute Gasteiger partial charge is 0.325 e. The lowest BCUT2D eigenvalue weighted by Gasteiger charge is -2.40. The van der Waals surface area contributed by atoms with Crippen LogP contribution in [0.4, 0.5) is 0 Å². The summed E-state index contributed by atoms with van der Waals surface area (Å²) in [5.74, 6) is 0. The predicted molar refractivity (Wildman–Crippen MR) is 83.8 cm³/mol. The van der Waals surface area contributed by atoms with Gasteiger partial charge < -0.3 is 5.73 Å². The van der Waals surface area contributed by atoms with Gasteiger partial charge in [0, 0.05) is 24.7 Å². The van der Waals surface area contributed by atoms with Gasteiger partial charge in [0.1, 0.15) is 0 Å². The highest BCUT2D eigenvalue weighted by atomic mass is 15.2. The van der Waals surface area contributed by atoms with Gasteiger partial charge in [-0.2, -0.15) is 0 Å². The Morgan fingerprint density at radius 3 is 2.55 bits per heavy atom. The van der Waals surface area contributed by atoms with E-state index in [4.69, 9.17) is 5.73 Å². The van der Waals surface area contributed by atoms with Crippen molar-refractivity contribution in [3.63, 3.8) is 0 Å². The summed E-state index contributed by atoms with van der Waals surface area (Å²) in [7, 11) is 0. The highest BCUT2D eigenvalue weighted by molar-refractivity contribution is 5.91. The second-order valence-corrected chi connectivity index (χ2v) is 6.77. The minimum Gasteiger partial charge on any atom is -0.325 e. The zero-order valence-corrected chi connectivity index (χ0v) is 12.1. The summed E-state index contributed by atoms with van der Waals surface area (Å²) in [5, 5.41) is 2.89. The minimum absolute atomic E-state index is 0.0357. The van der Waals surface area contributed by atoms with E-state index in [2.05, 4.69) is 48.2 Å². The van der Waals surface area contributed by atoms with Crippen molar-refractivity contribution in [3.05, 3.63) is 47.5 Å². The average molecular weight is 266 g/mol. The molecule has 0 saturated carbocycles. The molecule has 1 aliphatic carbocycles. The summed E-state index contributed by atoms with van der Waals surface area (Å²) in [5.41, 5.74) is 9.35. The van der Waals surface area contributed by atoms with E-state index in [1.807, 2.05) is 0 Å². The maximum Gasteiger partial charge on any atom is 0.0394 e. The summed E-state index contributed by atoms with van der Waals surface area (Å²) in [4.78, 5) is 2.64. The first-order valence-corrected chi connectivity index (χ1v) is 7.67. The zero-order valence-electron chi connectivity index (χ0n) is 12.1. The van der Waals surface area contributed by atoms with Gasteiger partial charge in [-0.05, 0) is 48.1 Å². The molecule has 2 N–H and O–H groups in total. The minimum atomic E-state index is 0.0357. The Kier molecular flexibility index (Phi) is 2.66. The molecule has 1 unspecified atom stereocenters. The van der Waals surface area contributed by atoms with Crippen LogP contribution in [0.3, 0.4) is 0 Å². The molecule has 1 heterocycles. The van der Waals surface area contributed by atoms with Crippen LogP contribution in [-0.2, 0) is 6.42 Å². The van der Waals surface area contributed by atoms with E-state index in [0.29, 0.717) is 6.04 Å². The van der Waals surface area contributed by atoms with Gasteiger partial charge in [0.25, 0.3) is 0 Å². The fourth-order valence-corrected chi connectivity index (χ4v) is 3.89. The topological polar surface area (TPSA) is 29.3 Å². The number of likely N-dealkylation sites (tertiary alicyclic amines) is 1. The van der Waals surface area contributed by atoms with Crippen LogP contribution in [0.5, 0.6) is 0 Å². The molecule has 1 saturated heterocycles. The average Bonchev–Trinajstić information content (AvgIpc) is 2.81. The molecule has 0 bridgehead atoms. The van der Waals surface area contributed by atoms with Crippen molar-refractivity contribution in [1.82, 2.24) is 4.90 Å². The van der Waals surface area contributed by atoms with E-state index in [0.717, 1.165) is 32.4 Å². The van der Waals surface area contributed by atoms with Crippen LogP contribution in [0.15, 0.2) is 36.4 Å². The Balaban J connectivity index is 1.69. The van der Waals surface area contributed by atoms with Gasteiger partial charge in [-0.3, -0.25) is 4.90 Å². The number of piperidine rings is 1. The van der Waals surface area contributed by atoms with E-state index in [9.17, 15) is 0 Å². The van der Waals surface area contributed by atoms with E-state index >= 15 is 0 Å². The summed E-state index contributed by atoms with van der Waals surface area (Å²) in [6.45, 7) is 4.44. The Hall–Kier alpha value is -1.38. The second-order valence-electron chi connectivity index (χ2n) is 6.77. The van der Waals surface area contributed by atoms with Gasteiger partial charge in [0.15, 0.2) is 0 Å². The quantitative estimate of drug-likeness (QED) is 0.858. The first-order valence-electron chi connectivity index (χ1n) is 7.67. The van der Waals surface area contributed by atoms with Crippen molar-refractivity contribution in [2.45, 2.75) is 37.8 Å².